The van der Waals surface area contributed by atoms with Crippen molar-refractivity contribution in [2.24, 2.45) is 0 Å². The van der Waals surface area contributed by atoms with Gasteiger partial charge in [0.25, 0.3) is 0 Å². The Morgan fingerprint density at radius 3 is 1.90 bits per heavy atom. The Balaban J connectivity index is 4.61. The third kappa shape index (κ3) is 11.3. The predicted molar refractivity (Wildman–Crippen MR) is 98.3 cm³/mol. The minimum atomic E-state index is -2.20. The van der Waals surface area contributed by atoms with Gasteiger partial charge in [-0.2, -0.15) is 0 Å². The van der Waals surface area contributed by atoms with Crippen LogP contribution >= 0.6 is 0 Å². The molecule has 0 radical (unpaired) electrons. The molecular formula is C19H36OSn. The summed E-state index contributed by atoms with van der Waals surface area (Å²) in [5.41, 5.74) is 0. The molecule has 0 aliphatic rings. The van der Waals surface area contributed by atoms with Crippen molar-refractivity contribution in [3.05, 3.63) is 12.7 Å². The molecular weight excluding hydrogens is 363 g/mol. The number of hydrogen-bond donors (Lipinski definition) is 0. The van der Waals surface area contributed by atoms with Crippen molar-refractivity contribution in [3.63, 3.8) is 0 Å². The molecule has 0 heterocycles. The van der Waals surface area contributed by atoms with Crippen molar-refractivity contribution in [3.8, 4) is 9.86 Å². The standard InChI is InChI=1S/C7H9O.3C4H9.Sn/c1-3-5-7-8-6-4-2;3*1-3-4-2;/h4H,2,5-7H2;3*1,3-4H2,2H3;. The van der Waals surface area contributed by atoms with Gasteiger partial charge in [-0.15, -0.1) is 0 Å². The Morgan fingerprint density at radius 1 is 0.952 bits per heavy atom. The molecule has 0 atom stereocenters. The van der Waals surface area contributed by atoms with E-state index in [2.05, 4.69) is 37.2 Å². The van der Waals surface area contributed by atoms with Gasteiger partial charge in [-0.25, -0.2) is 0 Å². The van der Waals surface area contributed by atoms with Crippen LogP contribution in [0, 0.1) is 9.86 Å². The molecule has 0 bridgehead atoms. The first-order valence-electron chi connectivity index (χ1n) is 8.93. The van der Waals surface area contributed by atoms with Crippen molar-refractivity contribution in [2.45, 2.75) is 79.0 Å². The molecule has 1 nitrogen and oxygen atoms in total. The molecule has 0 saturated heterocycles. The van der Waals surface area contributed by atoms with Crippen molar-refractivity contribution in [1.29, 1.82) is 0 Å². The van der Waals surface area contributed by atoms with Crippen molar-refractivity contribution >= 4 is 18.4 Å². The second-order valence-electron chi connectivity index (χ2n) is 6.01. The van der Waals surface area contributed by atoms with E-state index >= 15 is 0 Å². The monoisotopic (exact) mass is 400 g/mol. The van der Waals surface area contributed by atoms with E-state index in [0.29, 0.717) is 6.61 Å². The number of rotatable bonds is 13. The summed E-state index contributed by atoms with van der Waals surface area (Å²) in [4.78, 5) is 0. The SMILES string of the molecule is C=CCOCCC#[C][Sn]([CH2]CCC)([CH2]CCC)[CH2]CCC. The summed E-state index contributed by atoms with van der Waals surface area (Å²) in [5.74, 6) is 3.50. The fraction of sp³-hybridized carbons (Fsp3) is 0.789. The number of hydrogen-bond acceptors (Lipinski definition) is 1. The first-order valence-corrected chi connectivity index (χ1v) is 16.4. The summed E-state index contributed by atoms with van der Waals surface area (Å²) >= 11 is -2.20. The van der Waals surface area contributed by atoms with E-state index in [1.165, 1.54) is 51.8 Å². The van der Waals surface area contributed by atoms with Crippen LogP contribution < -0.4 is 0 Å². The molecule has 0 aromatic carbocycles. The van der Waals surface area contributed by atoms with Crippen LogP contribution in [0.4, 0.5) is 0 Å². The molecule has 0 aliphatic carbocycles. The van der Waals surface area contributed by atoms with Gasteiger partial charge in [0.2, 0.25) is 0 Å². The molecule has 0 saturated carbocycles. The van der Waals surface area contributed by atoms with Crippen LogP contribution in [0.2, 0.25) is 13.3 Å². The Kier molecular flexibility index (Phi) is 15.0. The molecule has 0 amide bonds. The maximum absolute atomic E-state index is 5.44. The molecule has 0 unspecified atom stereocenters. The summed E-state index contributed by atoms with van der Waals surface area (Å²) in [6.45, 7) is 12.0. The zero-order chi connectivity index (χ0) is 15.8. The summed E-state index contributed by atoms with van der Waals surface area (Å²) in [5, 5.41) is 0. The van der Waals surface area contributed by atoms with E-state index in [-0.39, 0.29) is 0 Å². The maximum atomic E-state index is 5.44. The number of ether oxygens (including phenoxy) is 1. The van der Waals surface area contributed by atoms with Gasteiger partial charge in [0.1, 0.15) is 0 Å². The second-order valence-corrected chi connectivity index (χ2v) is 18.3. The van der Waals surface area contributed by atoms with Crippen LogP contribution in [-0.2, 0) is 4.74 Å². The van der Waals surface area contributed by atoms with Crippen LogP contribution in [0.1, 0.15) is 65.7 Å². The van der Waals surface area contributed by atoms with Crippen LogP contribution in [0.5, 0.6) is 0 Å². The minimum absolute atomic E-state index is 0.650. The van der Waals surface area contributed by atoms with E-state index in [1.54, 1.807) is 6.08 Å². The average Bonchev–Trinajstić information content (AvgIpc) is 2.51. The van der Waals surface area contributed by atoms with Crippen molar-refractivity contribution in [2.75, 3.05) is 13.2 Å². The Morgan fingerprint density at radius 2 is 1.48 bits per heavy atom. The van der Waals surface area contributed by atoms with Gasteiger partial charge in [0.15, 0.2) is 0 Å². The van der Waals surface area contributed by atoms with E-state index < -0.39 is 18.4 Å². The Hall–Kier alpha value is 0.0587. The van der Waals surface area contributed by atoms with Crippen LogP contribution in [0.3, 0.4) is 0 Å². The molecule has 122 valence electrons. The predicted octanol–water partition coefficient (Wildman–Crippen LogP) is 5.97. The van der Waals surface area contributed by atoms with Gasteiger partial charge in [-0.1, -0.05) is 0 Å². The quantitative estimate of drug-likeness (QED) is 0.161. The van der Waals surface area contributed by atoms with Gasteiger partial charge in [0.05, 0.1) is 0 Å². The van der Waals surface area contributed by atoms with Crippen molar-refractivity contribution in [1.82, 2.24) is 0 Å². The molecule has 21 heavy (non-hydrogen) atoms. The van der Waals surface area contributed by atoms with Gasteiger partial charge in [-0.3, -0.25) is 0 Å². The Bertz CT molecular complexity index is 279. The molecule has 0 fully saturated rings. The summed E-state index contributed by atoms with van der Waals surface area (Å²) in [6.07, 6.45) is 10.8. The zero-order valence-corrected chi connectivity index (χ0v) is 17.5. The summed E-state index contributed by atoms with van der Waals surface area (Å²) in [6, 6.07) is 0. The van der Waals surface area contributed by atoms with Gasteiger partial charge >= 0.3 is 138 Å². The average molecular weight is 399 g/mol. The first-order chi connectivity index (χ1) is 10.2. The van der Waals surface area contributed by atoms with Gasteiger partial charge in [0, 0.05) is 0 Å². The van der Waals surface area contributed by atoms with E-state index in [9.17, 15) is 0 Å². The Labute approximate surface area is 137 Å². The molecule has 0 aromatic heterocycles. The molecule has 0 N–H and O–H groups in total. The fourth-order valence-corrected chi connectivity index (χ4v) is 16.1. The molecule has 0 aliphatic heterocycles. The number of unbranched alkanes of at least 4 members (excludes halogenated alkanes) is 3. The first kappa shape index (κ1) is 21.1. The molecule has 0 spiro atoms. The van der Waals surface area contributed by atoms with Gasteiger partial charge in [-0.05, 0) is 0 Å². The van der Waals surface area contributed by atoms with Gasteiger partial charge < -0.3 is 0 Å². The fourth-order valence-electron chi connectivity index (χ4n) is 2.65. The van der Waals surface area contributed by atoms with Crippen molar-refractivity contribution < 1.29 is 4.74 Å². The second kappa shape index (κ2) is 15.0. The van der Waals surface area contributed by atoms with E-state index in [1.807, 2.05) is 0 Å². The normalized spacial score (nSPS) is 11.0. The van der Waals surface area contributed by atoms with E-state index in [0.717, 1.165) is 13.0 Å². The van der Waals surface area contributed by atoms with Crippen LogP contribution in [0.15, 0.2) is 12.7 Å². The zero-order valence-electron chi connectivity index (χ0n) is 14.7. The topological polar surface area (TPSA) is 9.23 Å². The van der Waals surface area contributed by atoms with E-state index in [4.69, 9.17) is 4.74 Å². The molecule has 0 rings (SSSR count). The molecule has 0 aromatic rings. The summed E-state index contributed by atoms with van der Waals surface area (Å²) in [7, 11) is 0. The third-order valence-corrected chi connectivity index (χ3v) is 17.2. The summed E-state index contributed by atoms with van der Waals surface area (Å²) < 4.78 is 13.7. The third-order valence-electron chi connectivity index (χ3n) is 3.99. The van der Waals surface area contributed by atoms with Crippen LogP contribution in [0.25, 0.3) is 0 Å². The van der Waals surface area contributed by atoms with Crippen LogP contribution in [-0.4, -0.2) is 31.6 Å². The molecule has 2 heteroatoms.